The van der Waals surface area contributed by atoms with E-state index in [0.29, 0.717) is 28.1 Å². The molecule has 0 bridgehead atoms. The summed E-state index contributed by atoms with van der Waals surface area (Å²) in [5.41, 5.74) is 3.49. The molecule has 202 valence electrons. The third-order valence-electron chi connectivity index (χ3n) is 6.03. The average Bonchev–Trinajstić information content (AvgIpc) is 3.27. The van der Waals surface area contributed by atoms with Gasteiger partial charge in [0.2, 0.25) is 0 Å². The van der Waals surface area contributed by atoms with Crippen LogP contribution in [0.25, 0.3) is 16.6 Å². The Kier molecular flexibility index (Phi) is 8.34. The van der Waals surface area contributed by atoms with E-state index in [2.05, 4.69) is 5.10 Å². The largest absolute Gasteiger partial charge is 0.496 e. The second-order valence-corrected chi connectivity index (χ2v) is 8.73. The minimum Gasteiger partial charge on any atom is -0.496 e. The maximum absolute atomic E-state index is 13.3. The lowest BCUT2D eigenvalue weighted by Gasteiger charge is -2.28. The Balaban J connectivity index is 0.00000400. The van der Waals surface area contributed by atoms with Crippen molar-refractivity contribution in [1.82, 2.24) is 15.1 Å². The number of alkyl halides is 3. The van der Waals surface area contributed by atoms with Crippen LogP contribution in [-0.2, 0) is 4.79 Å². The number of nitrogens with zero attached hydrogens (tertiary/aromatic N) is 2. The van der Waals surface area contributed by atoms with Crippen LogP contribution in [-0.4, -0.2) is 35.0 Å². The maximum atomic E-state index is 13.3. The van der Waals surface area contributed by atoms with E-state index >= 15 is 0 Å². The first-order valence-corrected chi connectivity index (χ1v) is 11.4. The number of carbonyl (C=O) groups excluding carboxylic acids is 1. The smallest absolute Gasteiger partial charge is 0.471 e. The van der Waals surface area contributed by atoms with Gasteiger partial charge in [-0.25, -0.2) is 9.07 Å². The van der Waals surface area contributed by atoms with Crippen LogP contribution in [0.2, 0.25) is 0 Å². The van der Waals surface area contributed by atoms with Crippen LogP contribution >= 0.6 is 0 Å². The molecule has 1 N–H and O–H groups in total. The molecule has 4 aromatic rings. The van der Waals surface area contributed by atoms with E-state index in [-0.39, 0.29) is 13.2 Å². The number of rotatable bonds is 7. The molecule has 1 heterocycles. The summed E-state index contributed by atoms with van der Waals surface area (Å²) in [6.45, 7) is 5.06. The summed E-state index contributed by atoms with van der Waals surface area (Å²) in [6, 6.07) is 13.5. The van der Waals surface area contributed by atoms with E-state index in [1.54, 1.807) is 60.3 Å². The molecule has 0 aliphatic rings. The van der Waals surface area contributed by atoms with E-state index in [1.165, 1.54) is 26.2 Å². The Morgan fingerprint density at radius 3 is 2.34 bits per heavy atom. The van der Waals surface area contributed by atoms with Crippen LogP contribution in [0.5, 0.6) is 11.5 Å². The monoisotopic (exact) mass is 531 g/mol. The topological polar surface area (TPSA) is 65.4 Å². The number of ether oxygens (including phenoxy) is 2. The zero-order valence-corrected chi connectivity index (χ0v) is 20.6. The number of carbonyl (C=O) groups is 1. The van der Waals surface area contributed by atoms with E-state index in [1.807, 2.05) is 12.2 Å². The van der Waals surface area contributed by atoms with Gasteiger partial charge < -0.3 is 14.8 Å². The predicted molar refractivity (Wildman–Crippen MR) is 137 cm³/mol. The summed E-state index contributed by atoms with van der Waals surface area (Å²) in [6.07, 6.45) is -4.36. The molecule has 0 fully saturated rings. The van der Waals surface area contributed by atoms with Crippen molar-refractivity contribution in [3.63, 3.8) is 0 Å². The summed E-state index contributed by atoms with van der Waals surface area (Å²) in [5, 5.41) is 7.08. The molecule has 0 saturated carbocycles. The molecule has 6 nitrogen and oxygen atoms in total. The number of benzene rings is 3. The third kappa shape index (κ3) is 5.90. The molecule has 0 unspecified atom stereocenters. The van der Waals surface area contributed by atoms with Crippen molar-refractivity contribution in [1.29, 1.82) is 0 Å². The number of aryl methyl sites for hydroxylation is 2. The molecule has 1 aromatic heterocycles. The highest BCUT2D eigenvalue weighted by molar-refractivity contribution is 5.82. The fraction of sp³-hybridized carbons (Fsp3) is 0.286. The molecular formula is C28H29F4N3O3. The summed E-state index contributed by atoms with van der Waals surface area (Å²) in [4.78, 5) is 11.7. The molecule has 2 atom stereocenters. The Bertz CT molecular complexity index is 1430. The van der Waals surface area contributed by atoms with Gasteiger partial charge in [-0.3, -0.25) is 4.79 Å². The van der Waals surface area contributed by atoms with Crippen molar-refractivity contribution in [3.05, 3.63) is 83.3 Å². The van der Waals surface area contributed by atoms with Crippen molar-refractivity contribution in [2.24, 2.45) is 0 Å². The number of amides is 1. The fourth-order valence-corrected chi connectivity index (χ4v) is 4.16. The first-order valence-electron chi connectivity index (χ1n) is 11.4. The van der Waals surface area contributed by atoms with Crippen LogP contribution < -0.4 is 14.8 Å². The van der Waals surface area contributed by atoms with Crippen LogP contribution in [0.3, 0.4) is 0 Å². The number of nitrogens with one attached hydrogen (secondary N) is 1. The SMILES string of the molecule is C.COc1cc(C)c([C@@H](Oc2ccc3c(cnn3-c3ccc(F)cc3)c2)[C@H](C)NC(=O)C(F)(F)F)cc1C. The predicted octanol–water partition coefficient (Wildman–Crippen LogP) is 6.61. The van der Waals surface area contributed by atoms with Gasteiger partial charge in [-0.05, 0) is 92.1 Å². The molecule has 3 aromatic carbocycles. The molecule has 0 saturated heterocycles. The van der Waals surface area contributed by atoms with Crippen LogP contribution in [0.4, 0.5) is 17.6 Å². The number of halogens is 4. The lowest BCUT2D eigenvalue weighted by atomic mass is 9.95. The molecular weight excluding hydrogens is 502 g/mol. The van der Waals surface area contributed by atoms with Crippen LogP contribution in [0, 0.1) is 19.7 Å². The van der Waals surface area contributed by atoms with Gasteiger partial charge in [0, 0.05) is 5.39 Å². The van der Waals surface area contributed by atoms with Gasteiger partial charge in [-0.1, -0.05) is 7.43 Å². The lowest BCUT2D eigenvalue weighted by molar-refractivity contribution is -0.174. The minimum absolute atomic E-state index is 0. The summed E-state index contributed by atoms with van der Waals surface area (Å²) < 4.78 is 65.5. The van der Waals surface area contributed by atoms with Crippen molar-refractivity contribution in [2.75, 3.05) is 7.11 Å². The van der Waals surface area contributed by atoms with E-state index in [9.17, 15) is 22.4 Å². The molecule has 38 heavy (non-hydrogen) atoms. The normalized spacial score (nSPS) is 12.9. The standard InChI is InChI=1S/C27H25F4N3O3.CH4/c1-15-12-24(36-4)16(2)11-22(15)25(17(3)33-26(35)27(29,30)31)37-21-9-10-23-18(13-21)14-32-34(23)20-7-5-19(28)6-8-20;/h5-14,17,25H,1-4H3,(H,33,35);1H4/t17-,25-;/m0./s1. The Hall–Kier alpha value is -4.08. The van der Waals surface area contributed by atoms with Gasteiger partial charge >= 0.3 is 12.1 Å². The first-order chi connectivity index (χ1) is 17.5. The Morgan fingerprint density at radius 2 is 1.71 bits per heavy atom. The zero-order chi connectivity index (χ0) is 26.9. The lowest BCUT2D eigenvalue weighted by Crippen LogP contribution is -2.45. The van der Waals surface area contributed by atoms with Crippen LogP contribution in [0.15, 0.2) is 60.8 Å². The zero-order valence-electron chi connectivity index (χ0n) is 20.6. The Morgan fingerprint density at radius 1 is 1.03 bits per heavy atom. The highest BCUT2D eigenvalue weighted by Gasteiger charge is 2.40. The van der Waals surface area contributed by atoms with Gasteiger partial charge in [0.1, 0.15) is 23.4 Å². The van der Waals surface area contributed by atoms with Crippen molar-refractivity contribution in [2.45, 2.75) is 46.5 Å². The molecule has 0 aliphatic heterocycles. The number of methoxy groups -OCH3 is 1. The van der Waals surface area contributed by atoms with Gasteiger partial charge in [-0.15, -0.1) is 0 Å². The number of aromatic nitrogens is 2. The van der Waals surface area contributed by atoms with Gasteiger partial charge in [0.15, 0.2) is 0 Å². The molecule has 10 heteroatoms. The quantitative estimate of drug-likeness (QED) is 0.273. The summed E-state index contributed by atoms with van der Waals surface area (Å²) >= 11 is 0. The van der Waals surface area contributed by atoms with Gasteiger partial charge in [0.25, 0.3) is 0 Å². The van der Waals surface area contributed by atoms with Crippen LogP contribution in [0.1, 0.15) is 37.1 Å². The van der Waals surface area contributed by atoms with E-state index in [4.69, 9.17) is 9.47 Å². The third-order valence-corrected chi connectivity index (χ3v) is 6.03. The fourth-order valence-electron chi connectivity index (χ4n) is 4.16. The van der Waals surface area contributed by atoms with Crippen molar-refractivity contribution < 1.29 is 31.8 Å². The average molecular weight is 532 g/mol. The summed E-state index contributed by atoms with van der Waals surface area (Å²) in [7, 11) is 1.53. The molecule has 0 spiro atoms. The van der Waals surface area contributed by atoms with E-state index < -0.39 is 24.2 Å². The number of hydrogen-bond acceptors (Lipinski definition) is 4. The number of fused-ring (bicyclic) bond motifs is 1. The highest BCUT2D eigenvalue weighted by atomic mass is 19.4. The molecule has 4 rings (SSSR count). The van der Waals surface area contributed by atoms with Gasteiger partial charge in [0.05, 0.1) is 30.6 Å². The first kappa shape index (κ1) is 28.5. The highest BCUT2D eigenvalue weighted by Crippen LogP contribution is 2.33. The second-order valence-electron chi connectivity index (χ2n) is 8.73. The van der Waals surface area contributed by atoms with Crippen molar-refractivity contribution in [3.8, 4) is 17.2 Å². The summed E-state index contributed by atoms with van der Waals surface area (Å²) in [5.74, 6) is -1.41. The maximum Gasteiger partial charge on any atom is 0.471 e. The number of hydrogen-bond donors (Lipinski definition) is 1. The molecule has 0 aliphatic carbocycles. The second kappa shape index (κ2) is 11.1. The molecule has 0 radical (unpaired) electrons. The van der Waals surface area contributed by atoms with Gasteiger partial charge in [-0.2, -0.15) is 18.3 Å². The molecule has 1 amide bonds. The van der Waals surface area contributed by atoms with E-state index in [0.717, 1.165) is 16.6 Å². The van der Waals surface area contributed by atoms with Crippen molar-refractivity contribution >= 4 is 16.8 Å². The minimum atomic E-state index is -5.03. The Labute approximate surface area is 218 Å².